The van der Waals surface area contributed by atoms with E-state index in [1.54, 1.807) is 18.7 Å². The molecule has 1 aliphatic rings. The number of hydrogen-bond donors (Lipinski definition) is 1. The van der Waals surface area contributed by atoms with Gasteiger partial charge in [-0.1, -0.05) is 19.9 Å². The van der Waals surface area contributed by atoms with Crippen LogP contribution in [0.25, 0.3) is 5.82 Å². The van der Waals surface area contributed by atoms with Crippen LogP contribution in [0.2, 0.25) is 0 Å². The van der Waals surface area contributed by atoms with Gasteiger partial charge >= 0.3 is 0 Å². The van der Waals surface area contributed by atoms with Crippen LogP contribution < -0.4 is 5.32 Å². The molecule has 2 unspecified atom stereocenters. The quantitative estimate of drug-likeness (QED) is 0.915. The van der Waals surface area contributed by atoms with Gasteiger partial charge in [-0.3, -0.25) is 9.36 Å². The molecular formula is C16H20N4O. The molecule has 1 amide bonds. The minimum absolute atomic E-state index is 0.174. The van der Waals surface area contributed by atoms with Gasteiger partial charge in [-0.15, -0.1) is 0 Å². The van der Waals surface area contributed by atoms with Crippen molar-refractivity contribution in [2.24, 2.45) is 17.8 Å². The van der Waals surface area contributed by atoms with E-state index in [0.717, 1.165) is 17.8 Å². The third-order valence-electron chi connectivity index (χ3n) is 4.08. The van der Waals surface area contributed by atoms with Crippen molar-refractivity contribution in [1.82, 2.24) is 19.9 Å². The Kier molecular flexibility index (Phi) is 3.73. The van der Waals surface area contributed by atoms with Gasteiger partial charge in [0.05, 0.1) is 0 Å². The normalized spacial score (nSPS) is 20.5. The number of imidazole rings is 1. The first-order chi connectivity index (χ1) is 10.1. The molecule has 1 aliphatic carbocycles. The molecule has 5 heteroatoms. The molecule has 110 valence electrons. The lowest BCUT2D eigenvalue weighted by atomic mass is 10.1. The Labute approximate surface area is 124 Å². The molecule has 21 heavy (non-hydrogen) atoms. The Hall–Kier alpha value is -2.17. The van der Waals surface area contributed by atoms with Crippen LogP contribution in [0.3, 0.4) is 0 Å². The van der Waals surface area contributed by atoms with Gasteiger partial charge < -0.3 is 5.32 Å². The number of nitrogens with one attached hydrogen (secondary N) is 1. The van der Waals surface area contributed by atoms with Crippen LogP contribution in [0.5, 0.6) is 0 Å². The monoisotopic (exact) mass is 284 g/mol. The summed E-state index contributed by atoms with van der Waals surface area (Å²) in [6.07, 6.45) is 8.10. The minimum atomic E-state index is 0.174. The van der Waals surface area contributed by atoms with Crippen LogP contribution in [-0.2, 0) is 11.3 Å². The van der Waals surface area contributed by atoms with Gasteiger partial charge in [-0.2, -0.15) is 0 Å². The summed E-state index contributed by atoms with van der Waals surface area (Å²) in [4.78, 5) is 20.4. The van der Waals surface area contributed by atoms with E-state index in [1.807, 2.05) is 22.9 Å². The fraction of sp³-hybridized carbons (Fsp3) is 0.438. The van der Waals surface area contributed by atoms with Crippen LogP contribution in [0, 0.1) is 17.8 Å². The molecule has 2 atom stereocenters. The van der Waals surface area contributed by atoms with E-state index in [-0.39, 0.29) is 11.8 Å². The van der Waals surface area contributed by atoms with Crippen molar-refractivity contribution in [3.63, 3.8) is 0 Å². The number of amides is 1. The summed E-state index contributed by atoms with van der Waals surface area (Å²) < 4.78 is 1.85. The molecular weight excluding hydrogens is 264 g/mol. The van der Waals surface area contributed by atoms with Crippen LogP contribution in [0.4, 0.5) is 0 Å². The standard InChI is InChI=1S/C16H20N4O/c1-11(2)13-7-14(13)16(21)19-9-12-3-4-15(18-8-12)20-6-5-17-10-20/h3-6,8,10-11,13-14H,7,9H2,1-2H3,(H,19,21). The molecule has 2 aromatic rings. The SMILES string of the molecule is CC(C)C1CC1C(=O)NCc1ccc(-n2ccnc2)nc1. The van der Waals surface area contributed by atoms with Crippen molar-refractivity contribution in [1.29, 1.82) is 0 Å². The molecule has 0 bridgehead atoms. The lowest BCUT2D eigenvalue weighted by molar-refractivity contribution is -0.122. The number of aromatic nitrogens is 3. The second-order valence-electron chi connectivity index (χ2n) is 5.96. The molecule has 0 spiro atoms. The molecule has 2 heterocycles. The second kappa shape index (κ2) is 5.68. The molecule has 0 aromatic carbocycles. The summed E-state index contributed by atoms with van der Waals surface area (Å²) in [5.41, 5.74) is 1.01. The van der Waals surface area contributed by atoms with Crippen molar-refractivity contribution in [2.45, 2.75) is 26.8 Å². The van der Waals surface area contributed by atoms with Gasteiger partial charge in [-0.25, -0.2) is 9.97 Å². The van der Waals surface area contributed by atoms with Crippen molar-refractivity contribution < 1.29 is 4.79 Å². The highest BCUT2D eigenvalue weighted by Gasteiger charge is 2.44. The topological polar surface area (TPSA) is 59.8 Å². The zero-order valence-corrected chi connectivity index (χ0v) is 12.4. The molecule has 3 rings (SSSR count). The van der Waals surface area contributed by atoms with Crippen molar-refractivity contribution >= 4 is 5.91 Å². The zero-order chi connectivity index (χ0) is 14.8. The summed E-state index contributed by atoms with van der Waals surface area (Å²) in [6.45, 7) is 4.89. The first kappa shape index (κ1) is 13.8. The van der Waals surface area contributed by atoms with Crippen LogP contribution >= 0.6 is 0 Å². The molecule has 1 N–H and O–H groups in total. The molecule has 0 radical (unpaired) electrons. The third kappa shape index (κ3) is 3.12. The van der Waals surface area contributed by atoms with Crippen LogP contribution in [-0.4, -0.2) is 20.4 Å². The Morgan fingerprint density at radius 3 is 2.90 bits per heavy atom. The van der Waals surface area contributed by atoms with Gasteiger partial charge in [0.1, 0.15) is 12.1 Å². The molecule has 0 aliphatic heterocycles. The Morgan fingerprint density at radius 2 is 2.33 bits per heavy atom. The lowest BCUT2D eigenvalue weighted by Crippen LogP contribution is -2.25. The largest absolute Gasteiger partial charge is 0.352 e. The smallest absolute Gasteiger partial charge is 0.223 e. The predicted molar refractivity (Wildman–Crippen MR) is 79.6 cm³/mol. The zero-order valence-electron chi connectivity index (χ0n) is 12.4. The molecule has 5 nitrogen and oxygen atoms in total. The predicted octanol–water partition coefficient (Wildman–Crippen LogP) is 2.18. The van der Waals surface area contributed by atoms with Gasteiger partial charge in [0, 0.05) is 31.1 Å². The summed E-state index contributed by atoms with van der Waals surface area (Å²) in [5.74, 6) is 2.36. The molecule has 0 saturated heterocycles. The van der Waals surface area contributed by atoms with E-state index in [1.165, 1.54) is 0 Å². The maximum Gasteiger partial charge on any atom is 0.223 e. The molecule has 1 fully saturated rings. The van der Waals surface area contributed by atoms with Crippen LogP contribution in [0.1, 0.15) is 25.8 Å². The average molecular weight is 284 g/mol. The van der Waals surface area contributed by atoms with E-state index in [0.29, 0.717) is 18.4 Å². The number of carbonyl (C=O) groups excluding carboxylic acids is 1. The highest BCUT2D eigenvalue weighted by molar-refractivity contribution is 5.81. The minimum Gasteiger partial charge on any atom is -0.352 e. The summed E-state index contributed by atoms with van der Waals surface area (Å²) >= 11 is 0. The van der Waals surface area contributed by atoms with Gasteiger partial charge in [0.2, 0.25) is 5.91 Å². The van der Waals surface area contributed by atoms with Crippen molar-refractivity contribution in [2.75, 3.05) is 0 Å². The summed E-state index contributed by atoms with van der Waals surface area (Å²) in [7, 11) is 0. The highest BCUT2D eigenvalue weighted by Crippen LogP contribution is 2.44. The Bertz CT molecular complexity index is 604. The maximum atomic E-state index is 12.0. The fourth-order valence-corrected chi connectivity index (χ4v) is 2.64. The maximum absolute atomic E-state index is 12.0. The van der Waals surface area contributed by atoms with Crippen molar-refractivity contribution in [3.8, 4) is 5.82 Å². The first-order valence-electron chi connectivity index (χ1n) is 7.36. The van der Waals surface area contributed by atoms with E-state index in [4.69, 9.17) is 0 Å². The van der Waals surface area contributed by atoms with Gasteiger partial charge in [-0.05, 0) is 29.9 Å². The number of carbonyl (C=O) groups is 1. The van der Waals surface area contributed by atoms with Gasteiger partial charge in [0.15, 0.2) is 0 Å². The number of pyridine rings is 1. The number of nitrogens with zero attached hydrogens (tertiary/aromatic N) is 3. The first-order valence-corrected chi connectivity index (χ1v) is 7.36. The van der Waals surface area contributed by atoms with E-state index in [2.05, 4.69) is 29.1 Å². The van der Waals surface area contributed by atoms with Crippen molar-refractivity contribution in [3.05, 3.63) is 42.6 Å². The van der Waals surface area contributed by atoms with E-state index in [9.17, 15) is 4.79 Å². The summed E-state index contributed by atoms with van der Waals surface area (Å²) in [6, 6.07) is 3.91. The molecule has 1 saturated carbocycles. The van der Waals surface area contributed by atoms with E-state index < -0.39 is 0 Å². The average Bonchev–Trinajstić information content (AvgIpc) is 3.12. The van der Waals surface area contributed by atoms with Crippen LogP contribution in [0.15, 0.2) is 37.1 Å². The Morgan fingerprint density at radius 1 is 1.48 bits per heavy atom. The lowest BCUT2D eigenvalue weighted by Gasteiger charge is -2.07. The van der Waals surface area contributed by atoms with E-state index >= 15 is 0 Å². The highest BCUT2D eigenvalue weighted by atomic mass is 16.2. The third-order valence-corrected chi connectivity index (χ3v) is 4.08. The van der Waals surface area contributed by atoms with Gasteiger partial charge in [0.25, 0.3) is 0 Å². The summed E-state index contributed by atoms with van der Waals surface area (Å²) in [5, 5.41) is 3.00. The number of hydrogen-bond acceptors (Lipinski definition) is 3. The number of rotatable bonds is 5. The molecule has 2 aromatic heterocycles. The fourth-order valence-electron chi connectivity index (χ4n) is 2.64. The second-order valence-corrected chi connectivity index (χ2v) is 5.96. The Balaban J connectivity index is 1.53.